The summed E-state index contributed by atoms with van der Waals surface area (Å²) >= 11 is 3.43. The predicted molar refractivity (Wildman–Crippen MR) is 77.2 cm³/mol. The molecular weight excluding hydrogens is 288 g/mol. The molecule has 2 N–H and O–H groups in total. The van der Waals surface area contributed by atoms with Crippen LogP contribution in [0, 0.1) is 11.8 Å². The van der Waals surface area contributed by atoms with Crippen molar-refractivity contribution >= 4 is 15.9 Å². The zero-order chi connectivity index (χ0) is 12.6. The van der Waals surface area contributed by atoms with Crippen molar-refractivity contribution in [3.8, 4) is 0 Å². The second kappa shape index (κ2) is 4.93. The van der Waals surface area contributed by atoms with E-state index < -0.39 is 0 Å². The molecule has 2 aliphatic carbocycles. The smallest absolute Gasteiger partial charge is 0.0422 e. The van der Waals surface area contributed by atoms with Crippen LogP contribution in [0.1, 0.15) is 44.2 Å². The Kier molecular flexibility index (Phi) is 3.46. The molecule has 0 aliphatic heterocycles. The van der Waals surface area contributed by atoms with Crippen molar-refractivity contribution in [2.24, 2.45) is 17.6 Å². The Morgan fingerprint density at radius 1 is 1.28 bits per heavy atom. The molecule has 1 heterocycles. The molecule has 0 radical (unpaired) electrons. The van der Waals surface area contributed by atoms with Crippen LogP contribution in [0.25, 0.3) is 0 Å². The molecule has 0 saturated heterocycles. The lowest BCUT2D eigenvalue weighted by atomic mass is 9.72. The summed E-state index contributed by atoms with van der Waals surface area (Å²) in [7, 11) is 0. The molecule has 1 aromatic heterocycles. The quantitative estimate of drug-likeness (QED) is 0.925. The molecule has 2 nitrogen and oxygen atoms in total. The zero-order valence-electron chi connectivity index (χ0n) is 10.7. The molecule has 2 aliphatic rings. The van der Waals surface area contributed by atoms with Crippen LogP contribution >= 0.6 is 15.9 Å². The SMILES string of the molecule is NC1(Cc2ccc(Br)cn2)CCCC(C2CC2)C1. The van der Waals surface area contributed by atoms with Crippen molar-refractivity contribution in [1.29, 1.82) is 0 Å². The van der Waals surface area contributed by atoms with E-state index in [1.807, 2.05) is 6.20 Å². The average Bonchev–Trinajstić information content (AvgIpc) is 3.16. The Balaban J connectivity index is 1.67. The third-order valence-corrected chi connectivity index (χ3v) is 5.00. The minimum atomic E-state index is -0.00760. The lowest BCUT2D eigenvalue weighted by Gasteiger charge is -2.38. The van der Waals surface area contributed by atoms with Crippen LogP contribution in [0.2, 0.25) is 0 Å². The van der Waals surface area contributed by atoms with Crippen LogP contribution in [-0.4, -0.2) is 10.5 Å². The van der Waals surface area contributed by atoms with Gasteiger partial charge in [-0.05, 0) is 65.6 Å². The van der Waals surface area contributed by atoms with Crippen molar-refractivity contribution in [3.05, 3.63) is 28.5 Å². The molecule has 2 fully saturated rings. The van der Waals surface area contributed by atoms with Crippen molar-refractivity contribution in [3.63, 3.8) is 0 Å². The molecular formula is C15H21BrN2. The Bertz CT molecular complexity index is 413. The van der Waals surface area contributed by atoms with E-state index in [0.29, 0.717) is 0 Å². The monoisotopic (exact) mass is 308 g/mol. The Hall–Kier alpha value is -0.410. The standard InChI is InChI=1S/C15H21BrN2/c16-13-5-6-14(18-10-13)9-15(17)7-1-2-12(8-15)11-3-4-11/h5-6,10-12H,1-4,7-9,17H2. The average molecular weight is 309 g/mol. The van der Waals surface area contributed by atoms with Gasteiger partial charge in [0.1, 0.15) is 0 Å². The Morgan fingerprint density at radius 2 is 2.11 bits per heavy atom. The van der Waals surface area contributed by atoms with E-state index in [-0.39, 0.29) is 5.54 Å². The molecule has 3 heteroatoms. The number of halogens is 1. The zero-order valence-corrected chi connectivity index (χ0v) is 12.3. The van der Waals surface area contributed by atoms with Gasteiger partial charge in [0.15, 0.2) is 0 Å². The van der Waals surface area contributed by atoms with Crippen molar-refractivity contribution in [2.45, 2.75) is 50.5 Å². The number of nitrogens with zero attached hydrogens (tertiary/aromatic N) is 1. The number of rotatable bonds is 3. The van der Waals surface area contributed by atoms with Gasteiger partial charge in [-0.2, -0.15) is 0 Å². The number of hydrogen-bond donors (Lipinski definition) is 1. The summed E-state index contributed by atoms with van der Waals surface area (Å²) in [5.41, 5.74) is 7.76. The Labute approximate surface area is 117 Å². The van der Waals surface area contributed by atoms with Crippen LogP contribution in [0.3, 0.4) is 0 Å². The first-order valence-corrected chi connectivity index (χ1v) is 7.83. The minimum Gasteiger partial charge on any atom is -0.325 e. The van der Waals surface area contributed by atoms with Crippen molar-refractivity contribution in [2.75, 3.05) is 0 Å². The molecule has 2 saturated carbocycles. The van der Waals surface area contributed by atoms with Gasteiger partial charge >= 0.3 is 0 Å². The van der Waals surface area contributed by atoms with Crippen molar-refractivity contribution < 1.29 is 0 Å². The highest BCUT2D eigenvalue weighted by molar-refractivity contribution is 9.10. The summed E-state index contributed by atoms with van der Waals surface area (Å²) in [6, 6.07) is 4.16. The second-order valence-electron chi connectivity index (χ2n) is 6.20. The third-order valence-electron chi connectivity index (χ3n) is 4.53. The summed E-state index contributed by atoms with van der Waals surface area (Å²) in [4.78, 5) is 4.48. The van der Waals surface area contributed by atoms with E-state index in [9.17, 15) is 0 Å². The summed E-state index contributed by atoms with van der Waals surface area (Å²) in [5, 5.41) is 0. The highest BCUT2D eigenvalue weighted by Gasteiger charge is 2.40. The van der Waals surface area contributed by atoms with E-state index in [2.05, 4.69) is 33.0 Å². The predicted octanol–water partition coefficient (Wildman–Crippen LogP) is 3.68. The maximum atomic E-state index is 6.63. The molecule has 0 aromatic carbocycles. The number of aromatic nitrogens is 1. The fourth-order valence-corrected chi connectivity index (χ4v) is 3.68. The third kappa shape index (κ3) is 2.94. The lowest BCUT2D eigenvalue weighted by Crippen LogP contribution is -2.46. The molecule has 0 spiro atoms. The van der Waals surface area contributed by atoms with Crippen LogP contribution in [0.15, 0.2) is 22.8 Å². The summed E-state index contributed by atoms with van der Waals surface area (Å²) in [6.07, 6.45) is 10.8. The van der Waals surface area contributed by atoms with Crippen LogP contribution in [0.5, 0.6) is 0 Å². The fraction of sp³-hybridized carbons (Fsp3) is 0.667. The number of pyridine rings is 1. The van der Waals surface area contributed by atoms with Gasteiger partial charge in [-0.3, -0.25) is 4.98 Å². The Morgan fingerprint density at radius 3 is 2.78 bits per heavy atom. The van der Waals surface area contributed by atoms with Crippen molar-refractivity contribution in [1.82, 2.24) is 4.98 Å². The van der Waals surface area contributed by atoms with Gasteiger partial charge in [-0.25, -0.2) is 0 Å². The van der Waals surface area contributed by atoms with Crippen LogP contribution in [0.4, 0.5) is 0 Å². The first kappa shape index (κ1) is 12.6. The first-order valence-electron chi connectivity index (χ1n) is 7.04. The fourth-order valence-electron chi connectivity index (χ4n) is 3.44. The van der Waals surface area contributed by atoms with Gasteiger partial charge < -0.3 is 5.73 Å². The largest absolute Gasteiger partial charge is 0.325 e. The van der Waals surface area contributed by atoms with Crippen LogP contribution in [-0.2, 0) is 6.42 Å². The maximum Gasteiger partial charge on any atom is 0.0422 e. The second-order valence-corrected chi connectivity index (χ2v) is 7.12. The molecule has 0 amide bonds. The number of hydrogen-bond acceptors (Lipinski definition) is 2. The lowest BCUT2D eigenvalue weighted by molar-refractivity contribution is 0.203. The van der Waals surface area contributed by atoms with Gasteiger partial charge in [0.2, 0.25) is 0 Å². The van der Waals surface area contributed by atoms with E-state index in [4.69, 9.17) is 5.73 Å². The molecule has 2 atom stereocenters. The molecule has 1 aromatic rings. The van der Waals surface area contributed by atoms with Gasteiger partial charge in [-0.15, -0.1) is 0 Å². The van der Waals surface area contributed by atoms with Gasteiger partial charge in [0, 0.05) is 28.3 Å². The normalized spacial score (nSPS) is 32.4. The topological polar surface area (TPSA) is 38.9 Å². The first-order chi connectivity index (χ1) is 8.65. The molecule has 98 valence electrons. The molecule has 0 bridgehead atoms. The van der Waals surface area contributed by atoms with E-state index in [1.54, 1.807) is 0 Å². The van der Waals surface area contributed by atoms with Gasteiger partial charge in [0.25, 0.3) is 0 Å². The van der Waals surface area contributed by atoms with Gasteiger partial charge in [0.05, 0.1) is 0 Å². The minimum absolute atomic E-state index is 0.00760. The summed E-state index contributed by atoms with van der Waals surface area (Å²) in [5.74, 6) is 1.88. The summed E-state index contributed by atoms with van der Waals surface area (Å²) in [6.45, 7) is 0. The van der Waals surface area contributed by atoms with Crippen LogP contribution < -0.4 is 5.73 Å². The molecule has 2 unspecified atom stereocenters. The van der Waals surface area contributed by atoms with Gasteiger partial charge in [-0.1, -0.05) is 12.8 Å². The molecule has 3 rings (SSSR count). The van der Waals surface area contributed by atoms with E-state index in [1.165, 1.54) is 32.1 Å². The number of nitrogens with two attached hydrogens (primary N) is 1. The molecule has 18 heavy (non-hydrogen) atoms. The highest BCUT2D eigenvalue weighted by atomic mass is 79.9. The van der Waals surface area contributed by atoms with E-state index >= 15 is 0 Å². The van der Waals surface area contributed by atoms with E-state index in [0.717, 1.165) is 34.8 Å². The summed E-state index contributed by atoms with van der Waals surface area (Å²) < 4.78 is 1.04. The maximum absolute atomic E-state index is 6.63. The highest BCUT2D eigenvalue weighted by Crippen LogP contribution is 2.46.